The van der Waals surface area contributed by atoms with Crippen LogP contribution in [0.25, 0.3) is 6.08 Å². The molecule has 11 heavy (non-hydrogen) atoms. The van der Waals surface area contributed by atoms with Gasteiger partial charge >= 0.3 is 0 Å². The molecule has 0 radical (unpaired) electrons. The van der Waals surface area contributed by atoms with E-state index in [0.29, 0.717) is 6.04 Å². The van der Waals surface area contributed by atoms with Gasteiger partial charge in [0.1, 0.15) is 0 Å². The van der Waals surface area contributed by atoms with Gasteiger partial charge in [0, 0.05) is 0 Å². The molecule has 0 saturated carbocycles. The van der Waals surface area contributed by atoms with Crippen molar-refractivity contribution in [2.45, 2.75) is 26.3 Å². The molecule has 58 valence electrons. The molecule has 0 bridgehead atoms. The molecule has 1 unspecified atom stereocenters. The first kappa shape index (κ1) is 6.98. The van der Waals surface area contributed by atoms with Crippen LogP contribution in [0.4, 0.5) is 0 Å². The molecule has 0 fully saturated rings. The van der Waals surface area contributed by atoms with Crippen LogP contribution in [0, 0.1) is 6.92 Å². The highest BCUT2D eigenvalue weighted by atomic mass is 32.1. The molecule has 1 aromatic heterocycles. The quantitative estimate of drug-likeness (QED) is 0.555. The van der Waals surface area contributed by atoms with Crippen molar-refractivity contribution in [1.82, 2.24) is 4.98 Å². The number of hydrogen-bond acceptors (Lipinski definition) is 3. The van der Waals surface area contributed by atoms with E-state index in [4.69, 9.17) is 0 Å². The number of aromatic nitrogens is 1. The summed E-state index contributed by atoms with van der Waals surface area (Å²) in [5, 5.41) is 1.11. The summed E-state index contributed by atoms with van der Waals surface area (Å²) in [5.41, 5.74) is 0.950. The Hall–Kier alpha value is -0.700. The molecule has 0 aliphatic carbocycles. The standard InChI is InChI=1S/C8H10N2S/c1-5-3-4-7-8(9-5)10-6(2)11-7/h4-5H,3H2,1-2H3. The Morgan fingerprint density at radius 2 is 2.45 bits per heavy atom. The van der Waals surface area contributed by atoms with Gasteiger partial charge in [0.15, 0.2) is 5.49 Å². The molecule has 1 aromatic rings. The van der Waals surface area contributed by atoms with Crippen LogP contribution in [0.2, 0.25) is 0 Å². The average molecular weight is 166 g/mol. The van der Waals surface area contributed by atoms with E-state index in [1.807, 2.05) is 6.92 Å². The van der Waals surface area contributed by atoms with E-state index in [9.17, 15) is 0 Å². The second-order valence-corrected chi connectivity index (χ2v) is 4.07. The van der Waals surface area contributed by atoms with Crippen molar-refractivity contribution < 1.29 is 0 Å². The summed E-state index contributed by atoms with van der Waals surface area (Å²) in [5.74, 6) is 0. The molecule has 0 amide bonds. The Labute approximate surface area is 69.3 Å². The lowest BCUT2D eigenvalue weighted by atomic mass is 10.2. The van der Waals surface area contributed by atoms with Gasteiger partial charge in [-0.1, -0.05) is 6.08 Å². The summed E-state index contributed by atoms with van der Waals surface area (Å²) in [6, 6.07) is 0.420. The maximum absolute atomic E-state index is 4.43. The van der Waals surface area contributed by atoms with Crippen LogP contribution in [0.1, 0.15) is 18.4 Å². The summed E-state index contributed by atoms with van der Waals surface area (Å²) < 4.78 is 1.25. The number of hydrogen-bond donors (Lipinski definition) is 0. The molecule has 1 atom stereocenters. The van der Waals surface area contributed by atoms with Crippen molar-refractivity contribution in [3.05, 3.63) is 15.0 Å². The third-order valence-corrected chi connectivity index (χ3v) is 2.68. The predicted molar refractivity (Wildman–Crippen MR) is 46.2 cm³/mol. The molecule has 0 spiro atoms. The van der Waals surface area contributed by atoms with Crippen LogP contribution < -0.4 is 10.0 Å². The topological polar surface area (TPSA) is 25.2 Å². The Morgan fingerprint density at radius 1 is 1.64 bits per heavy atom. The summed E-state index contributed by atoms with van der Waals surface area (Å²) in [7, 11) is 0. The van der Waals surface area contributed by atoms with Crippen molar-refractivity contribution in [2.24, 2.45) is 4.99 Å². The van der Waals surface area contributed by atoms with Gasteiger partial charge in [-0.15, -0.1) is 11.3 Å². The van der Waals surface area contributed by atoms with Crippen LogP contribution in [0.5, 0.6) is 0 Å². The predicted octanol–water partition coefficient (Wildman–Crippen LogP) is 0.644. The monoisotopic (exact) mass is 166 g/mol. The Kier molecular flexibility index (Phi) is 1.53. The minimum absolute atomic E-state index is 0.420. The number of rotatable bonds is 0. The van der Waals surface area contributed by atoms with Gasteiger partial charge in [0.05, 0.1) is 15.6 Å². The fraction of sp³-hybridized carbons (Fsp3) is 0.500. The van der Waals surface area contributed by atoms with Crippen LogP contribution in [-0.4, -0.2) is 11.0 Å². The minimum atomic E-state index is 0.420. The van der Waals surface area contributed by atoms with E-state index >= 15 is 0 Å². The molecule has 0 saturated heterocycles. The normalized spacial score (nSPS) is 21.8. The van der Waals surface area contributed by atoms with Gasteiger partial charge < -0.3 is 0 Å². The summed E-state index contributed by atoms with van der Waals surface area (Å²) in [6.07, 6.45) is 3.30. The Morgan fingerprint density at radius 3 is 3.27 bits per heavy atom. The lowest BCUT2D eigenvalue weighted by Gasteiger charge is -2.02. The van der Waals surface area contributed by atoms with E-state index in [2.05, 4.69) is 23.0 Å². The first-order valence-electron chi connectivity index (χ1n) is 3.77. The zero-order valence-electron chi connectivity index (χ0n) is 6.66. The number of thiazole rings is 1. The third kappa shape index (κ3) is 1.20. The number of fused-ring (bicyclic) bond motifs is 1. The highest BCUT2D eigenvalue weighted by Gasteiger charge is 2.04. The van der Waals surface area contributed by atoms with Crippen molar-refractivity contribution >= 4 is 17.4 Å². The van der Waals surface area contributed by atoms with E-state index in [1.54, 1.807) is 11.3 Å². The number of nitrogens with zero attached hydrogens (tertiary/aromatic N) is 2. The van der Waals surface area contributed by atoms with Crippen molar-refractivity contribution in [1.29, 1.82) is 0 Å². The van der Waals surface area contributed by atoms with Gasteiger partial charge in [-0.2, -0.15) is 0 Å². The van der Waals surface area contributed by atoms with E-state index in [1.165, 1.54) is 4.53 Å². The third-order valence-electron chi connectivity index (χ3n) is 1.73. The first-order valence-corrected chi connectivity index (χ1v) is 4.59. The van der Waals surface area contributed by atoms with Crippen molar-refractivity contribution in [3.63, 3.8) is 0 Å². The minimum Gasteiger partial charge on any atom is -0.262 e. The van der Waals surface area contributed by atoms with Gasteiger partial charge in [0.2, 0.25) is 0 Å². The SMILES string of the molecule is Cc1nc2c(s1)=CCC(C)N=2. The van der Waals surface area contributed by atoms with Crippen LogP contribution in [0.3, 0.4) is 0 Å². The molecule has 2 nitrogen and oxygen atoms in total. The lowest BCUT2D eigenvalue weighted by Crippen LogP contribution is -2.27. The second-order valence-electron chi connectivity index (χ2n) is 2.84. The highest BCUT2D eigenvalue weighted by Crippen LogP contribution is 2.01. The molecule has 2 heterocycles. The average Bonchev–Trinajstić information content (AvgIpc) is 2.27. The van der Waals surface area contributed by atoms with E-state index in [0.717, 1.165) is 16.9 Å². The molecule has 2 rings (SSSR count). The zero-order chi connectivity index (χ0) is 7.84. The number of aryl methyl sites for hydroxylation is 1. The smallest absolute Gasteiger partial charge is 0.165 e. The summed E-state index contributed by atoms with van der Waals surface area (Å²) in [6.45, 7) is 4.14. The first-order chi connectivity index (χ1) is 5.25. The Balaban J connectivity index is 2.72. The molecule has 0 aromatic carbocycles. The zero-order valence-corrected chi connectivity index (χ0v) is 7.48. The van der Waals surface area contributed by atoms with Crippen molar-refractivity contribution in [2.75, 3.05) is 0 Å². The van der Waals surface area contributed by atoms with Gasteiger partial charge in [-0.25, -0.2) is 4.98 Å². The fourth-order valence-corrected chi connectivity index (χ4v) is 2.02. The molecular formula is C8H10N2S. The Bertz CT molecular complexity index is 377. The molecule has 0 N–H and O–H groups in total. The molecule has 3 heteroatoms. The molecular weight excluding hydrogens is 156 g/mol. The van der Waals surface area contributed by atoms with Crippen LogP contribution in [-0.2, 0) is 0 Å². The van der Waals surface area contributed by atoms with Crippen molar-refractivity contribution in [3.8, 4) is 0 Å². The van der Waals surface area contributed by atoms with Gasteiger partial charge in [0.25, 0.3) is 0 Å². The van der Waals surface area contributed by atoms with Crippen LogP contribution in [0.15, 0.2) is 4.99 Å². The van der Waals surface area contributed by atoms with Gasteiger partial charge in [-0.3, -0.25) is 4.99 Å². The summed E-state index contributed by atoms with van der Waals surface area (Å²) in [4.78, 5) is 8.76. The maximum Gasteiger partial charge on any atom is 0.165 e. The van der Waals surface area contributed by atoms with E-state index in [-0.39, 0.29) is 0 Å². The van der Waals surface area contributed by atoms with Gasteiger partial charge in [-0.05, 0) is 20.3 Å². The summed E-state index contributed by atoms with van der Waals surface area (Å²) >= 11 is 1.73. The molecule has 1 aliphatic heterocycles. The second kappa shape index (κ2) is 2.41. The highest BCUT2D eigenvalue weighted by molar-refractivity contribution is 7.09. The maximum atomic E-state index is 4.43. The van der Waals surface area contributed by atoms with Crippen LogP contribution >= 0.6 is 11.3 Å². The fourth-order valence-electron chi connectivity index (χ4n) is 1.20. The van der Waals surface area contributed by atoms with E-state index < -0.39 is 0 Å². The molecule has 1 aliphatic rings. The lowest BCUT2D eigenvalue weighted by molar-refractivity contribution is 0.730. The largest absolute Gasteiger partial charge is 0.262 e.